The smallest absolute Gasteiger partial charge is 0.257 e. The summed E-state index contributed by atoms with van der Waals surface area (Å²) in [6, 6.07) is 15.8. The molecule has 4 rings (SSSR count). The average Bonchev–Trinajstić information content (AvgIpc) is 3.25. The van der Waals surface area contributed by atoms with Crippen molar-refractivity contribution in [3.8, 4) is 11.5 Å². The number of anilines is 1. The van der Waals surface area contributed by atoms with Gasteiger partial charge in [0.05, 0.1) is 0 Å². The second-order valence-corrected chi connectivity index (χ2v) is 6.52. The molecule has 0 saturated carbocycles. The molecule has 1 fully saturated rings. The van der Waals surface area contributed by atoms with Crippen LogP contribution < -0.4 is 4.90 Å². The molecule has 0 aliphatic carbocycles. The summed E-state index contributed by atoms with van der Waals surface area (Å²) >= 11 is 0. The second-order valence-electron chi connectivity index (χ2n) is 6.52. The molecular formula is C20H19N3O2. The molecule has 2 heterocycles. The molecule has 1 aliphatic heterocycles. The van der Waals surface area contributed by atoms with Crippen LogP contribution in [0.15, 0.2) is 53.1 Å². The third kappa shape index (κ3) is 2.93. The molecule has 25 heavy (non-hydrogen) atoms. The van der Waals surface area contributed by atoms with Gasteiger partial charge in [0.25, 0.3) is 5.89 Å². The topological polar surface area (TPSA) is 59.2 Å². The molecule has 1 amide bonds. The van der Waals surface area contributed by atoms with E-state index in [9.17, 15) is 4.79 Å². The molecule has 1 aromatic heterocycles. The minimum atomic E-state index is -0.0476. The number of carbonyl (C=O) groups excluding carboxylic acids is 1. The maximum Gasteiger partial charge on any atom is 0.257 e. The molecule has 0 spiro atoms. The fourth-order valence-electron chi connectivity index (χ4n) is 3.22. The van der Waals surface area contributed by atoms with Gasteiger partial charge in [0.15, 0.2) is 5.82 Å². The highest BCUT2D eigenvalue weighted by molar-refractivity contribution is 5.97. The lowest BCUT2D eigenvalue weighted by molar-refractivity contribution is -0.117. The first kappa shape index (κ1) is 15.6. The first-order chi connectivity index (χ1) is 12.1. The third-order valence-corrected chi connectivity index (χ3v) is 4.61. The Morgan fingerprint density at radius 2 is 1.92 bits per heavy atom. The SMILES string of the molecule is Cc1ccc(C)c(N2CC(c3noc(-c4ccccc4)n3)CC2=O)c1. The lowest BCUT2D eigenvalue weighted by atomic mass is 10.1. The van der Waals surface area contributed by atoms with Crippen LogP contribution >= 0.6 is 0 Å². The molecule has 5 nitrogen and oxygen atoms in total. The molecule has 0 bridgehead atoms. The van der Waals surface area contributed by atoms with E-state index in [1.165, 1.54) is 0 Å². The van der Waals surface area contributed by atoms with Gasteiger partial charge in [-0.15, -0.1) is 0 Å². The zero-order valence-corrected chi connectivity index (χ0v) is 14.3. The second kappa shape index (κ2) is 6.16. The quantitative estimate of drug-likeness (QED) is 0.730. The van der Waals surface area contributed by atoms with E-state index < -0.39 is 0 Å². The molecule has 1 unspecified atom stereocenters. The van der Waals surface area contributed by atoms with Crippen molar-refractivity contribution >= 4 is 11.6 Å². The standard InChI is InChI=1S/C20H19N3O2/c1-13-8-9-14(2)17(10-13)23-12-16(11-18(23)24)19-21-20(25-22-19)15-6-4-3-5-7-15/h3-10,16H,11-12H2,1-2H3. The Bertz CT molecular complexity index is 918. The Morgan fingerprint density at radius 3 is 2.72 bits per heavy atom. The van der Waals surface area contributed by atoms with Crippen molar-refractivity contribution in [3.63, 3.8) is 0 Å². The van der Waals surface area contributed by atoms with Crippen LogP contribution in [0.25, 0.3) is 11.5 Å². The number of hydrogen-bond donors (Lipinski definition) is 0. The van der Waals surface area contributed by atoms with Crippen molar-refractivity contribution in [3.05, 3.63) is 65.5 Å². The van der Waals surface area contributed by atoms with Crippen molar-refractivity contribution < 1.29 is 9.32 Å². The summed E-state index contributed by atoms with van der Waals surface area (Å²) in [5.74, 6) is 1.15. The summed E-state index contributed by atoms with van der Waals surface area (Å²) in [4.78, 5) is 18.9. The average molecular weight is 333 g/mol. The van der Waals surface area contributed by atoms with Gasteiger partial charge in [0.1, 0.15) is 0 Å². The van der Waals surface area contributed by atoms with Gasteiger partial charge >= 0.3 is 0 Å². The van der Waals surface area contributed by atoms with E-state index in [0.717, 1.165) is 22.4 Å². The van der Waals surface area contributed by atoms with E-state index in [1.807, 2.05) is 55.1 Å². The molecule has 2 aromatic carbocycles. The Hall–Kier alpha value is -2.95. The van der Waals surface area contributed by atoms with E-state index in [2.05, 4.69) is 22.3 Å². The molecule has 1 atom stereocenters. The first-order valence-electron chi connectivity index (χ1n) is 8.38. The molecule has 1 saturated heterocycles. The number of rotatable bonds is 3. The van der Waals surface area contributed by atoms with Crippen LogP contribution in [-0.2, 0) is 4.79 Å². The highest BCUT2D eigenvalue weighted by atomic mass is 16.5. The van der Waals surface area contributed by atoms with Crippen LogP contribution in [-0.4, -0.2) is 22.6 Å². The van der Waals surface area contributed by atoms with E-state index in [4.69, 9.17) is 4.52 Å². The van der Waals surface area contributed by atoms with Crippen LogP contribution in [0.3, 0.4) is 0 Å². The Kier molecular flexibility index (Phi) is 3.84. The summed E-state index contributed by atoms with van der Waals surface area (Å²) in [7, 11) is 0. The normalized spacial score (nSPS) is 17.3. The zero-order chi connectivity index (χ0) is 17.4. The number of hydrogen-bond acceptors (Lipinski definition) is 4. The van der Waals surface area contributed by atoms with Crippen molar-refractivity contribution in [1.82, 2.24) is 10.1 Å². The van der Waals surface area contributed by atoms with Crippen molar-refractivity contribution in [1.29, 1.82) is 0 Å². The number of amides is 1. The highest BCUT2D eigenvalue weighted by Gasteiger charge is 2.35. The van der Waals surface area contributed by atoms with Crippen LogP contribution in [0.4, 0.5) is 5.69 Å². The number of aryl methyl sites for hydroxylation is 2. The molecule has 0 N–H and O–H groups in total. The molecule has 3 aromatic rings. The van der Waals surface area contributed by atoms with Crippen LogP contribution in [0.2, 0.25) is 0 Å². The van der Waals surface area contributed by atoms with Crippen LogP contribution in [0.1, 0.15) is 29.3 Å². The van der Waals surface area contributed by atoms with Gasteiger partial charge in [-0.2, -0.15) is 4.98 Å². The predicted molar refractivity (Wildman–Crippen MR) is 95.4 cm³/mol. The van der Waals surface area contributed by atoms with E-state index in [-0.39, 0.29) is 11.8 Å². The van der Waals surface area contributed by atoms with Gasteiger partial charge in [0, 0.05) is 30.1 Å². The third-order valence-electron chi connectivity index (χ3n) is 4.61. The molecule has 1 aliphatic rings. The van der Waals surface area contributed by atoms with Gasteiger partial charge in [-0.05, 0) is 43.2 Å². The lowest BCUT2D eigenvalue weighted by Crippen LogP contribution is -2.25. The molecule has 5 heteroatoms. The van der Waals surface area contributed by atoms with Gasteiger partial charge < -0.3 is 9.42 Å². The molecule has 0 radical (unpaired) electrons. The van der Waals surface area contributed by atoms with E-state index in [0.29, 0.717) is 24.7 Å². The number of carbonyl (C=O) groups is 1. The largest absolute Gasteiger partial charge is 0.334 e. The zero-order valence-electron chi connectivity index (χ0n) is 14.3. The van der Waals surface area contributed by atoms with Gasteiger partial charge in [0.2, 0.25) is 5.91 Å². The fourth-order valence-corrected chi connectivity index (χ4v) is 3.22. The van der Waals surface area contributed by atoms with Gasteiger partial charge in [-0.3, -0.25) is 4.79 Å². The number of aromatic nitrogens is 2. The Labute approximate surface area is 146 Å². The number of nitrogens with zero attached hydrogens (tertiary/aromatic N) is 3. The fraction of sp³-hybridized carbons (Fsp3) is 0.250. The van der Waals surface area contributed by atoms with Crippen LogP contribution in [0.5, 0.6) is 0 Å². The van der Waals surface area contributed by atoms with Crippen LogP contribution in [0, 0.1) is 13.8 Å². The maximum absolute atomic E-state index is 12.5. The summed E-state index contributed by atoms with van der Waals surface area (Å²) in [5, 5.41) is 4.11. The summed E-state index contributed by atoms with van der Waals surface area (Å²) in [5.41, 5.74) is 4.09. The van der Waals surface area contributed by atoms with Crippen molar-refractivity contribution in [2.24, 2.45) is 0 Å². The van der Waals surface area contributed by atoms with Gasteiger partial charge in [-0.1, -0.05) is 35.5 Å². The first-order valence-corrected chi connectivity index (χ1v) is 8.38. The van der Waals surface area contributed by atoms with Crippen molar-refractivity contribution in [2.45, 2.75) is 26.2 Å². The van der Waals surface area contributed by atoms with E-state index >= 15 is 0 Å². The number of benzene rings is 2. The minimum absolute atomic E-state index is 0.0476. The Morgan fingerprint density at radius 1 is 1.12 bits per heavy atom. The van der Waals surface area contributed by atoms with E-state index in [1.54, 1.807) is 0 Å². The highest BCUT2D eigenvalue weighted by Crippen LogP contribution is 2.33. The minimum Gasteiger partial charge on any atom is -0.334 e. The summed E-state index contributed by atoms with van der Waals surface area (Å²) < 4.78 is 5.39. The predicted octanol–water partition coefficient (Wildman–Crippen LogP) is 3.87. The van der Waals surface area contributed by atoms with Crippen molar-refractivity contribution in [2.75, 3.05) is 11.4 Å². The van der Waals surface area contributed by atoms with Gasteiger partial charge in [-0.25, -0.2) is 0 Å². The monoisotopic (exact) mass is 333 g/mol. The lowest BCUT2D eigenvalue weighted by Gasteiger charge is -2.19. The molecule has 126 valence electrons. The maximum atomic E-state index is 12.5. The summed E-state index contributed by atoms with van der Waals surface area (Å²) in [6.45, 7) is 4.64. The summed E-state index contributed by atoms with van der Waals surface area (Å²) in [6.07, 6.45) is 0.404. The Balaban J connectivity index is 1.59. The molecular weight excluding hydrogens is 314 g/mol.